The van der Waals surface area contributed by atoms with Gasteiger partial charge in [0.25, 0.3) is 0 Å². The van der Waals surface area contributed by atoms with E-state index < -0.39 is 0 Å². The molecular formula is C30H34ClN3O4S. The summed E-state index contributed by atoms with van der Waals surface area (Å²) in [5.74, 6) is 0.705. The minimum Gasteiger partial charge on any atom is -0.491 e. The Morgan fingerprint density at radius 2 is 2.08 bits per heavy atom. The number of carbonyl (C=O) groups excluding carboxylic acids is 2. The second kappa shape index (κ2) is 12.4. The van der Waals surface area contributed by atoms with E-state index >= 15 is 0 Å². The van der Waals surface area contributed by atoms with Gasteiger partial charge in [-0.2, -0.15) is 0 Å². The highest BCUT2D eigenvalue weighted by Crippen LogP contribution is 2.34. The van der Waals surface area contributed by atoms with Gasteiger partial charge < -0.3 is 24.6 Å². The van der Waals surface area contributed by atoms with Crippen molar-refractivity contribution in [3.63, 3.8) is 0 Å². The van der Waals surface area contributed by atoms with Crippen LogP contribution in [0.2, 0.25) is 5.02 Å². The molecule has 1 saturated heterocycles. The van der Waals surface area contributed by atoms with E-state index in [0.717, 1.165) is 36.1 Å². The van der Waals surface area contributed by atoms with Crippen molar-refractivity contribution in [2.24, 2.45) is 0 Å². The van der Waals surface area contributed by atoms with E-state index in [1.54, 1.807) is 40.5 Å². The van der Waals surface area contributed by atoms with Gasteiger partial charge in [0.1, 0.15) is 18.9 Å². The molecule has 0 saturated carbocycles. The van der Waals surface area contributed by atoms with Crippen LogP contribution in [0.4, 0.5) is 10.5 Å². The number of nitrogens with zero attached hydrogens (tertiary/aromatic N) is 2. The van der Waals surface area contributed by atoms with Crippen LogP contribution < -0.4 is 10.1 Å². The first-order valence-electron chi connectivity index (χ1n) is 13.4. The lowest BCUT2D eigenvalue weighted by atomic mass is 10.00. The Kier molecular flexibility index (Phi) is 8.75. The zero-order chi connectivity index (χ0) is 27.4. The molecule has 3 amide bonds. The summed E-state index contributed by atoms with van der Waals surface area (Å²) >= 11 is 7.83. The first-order chi connectivity index (χ1) is 18.9. The van der Waals surface area contributed by atoms with E-state index in [2.05, 4.69) is 29.8 Å². The van der Waals surface area contributed by atoms with Crippen LogP contribution >= 0.6 is 22.9 Å². The van der Waals surface area contributed by atoms with Crippen LogP contribution in [-0.4, -0.2) is 60.7 Å². The minimum atomic E-state index is -0.350. The summed E-state index contributed by atoms with van der Waals surface area (Å²) in [4.78, 5) is 31.9. The van der Waals surface area contributed by atoms with Gasteiger partial charge in [-0.25, -0.2) is 4.79 Å². The number of nitrogens with one attached hydrogen (secondary N) is 1. The zero-order valence-electron chi connectivity index (χ0n) is 22.3. The van der Waals surface area contributed by atoms with E-state index in [-0.39, 0.29) is 30.6 Å². The van der Waals surface area contributed by atoms with E-state index in [4.69, 9.17) is 21.1 Å². The van der Waals surface area contributed by atoms with Crippen molar-refractivity contribution in [1.29, 1.82) is 0 Å². The molecule has 1 N–H and O–H groups in total. The highest BCUT2D eigenvalue weighted by atomic mass is 35.5. The van der Waals surface area contributed by atoms with E-state index in [0.29, 0.717) is 37.0 Å². The Morgan fingerprint density at radius 1 is 1.21 bits per heavy atom. The zero-order valence-corrected chi connectivity index (χ0v) is 23.9. The highest BCUT2D eigenvalue weighted by Gasteiger charge is 2.34. The number of amides is 3. The Labute approximate surface area is 238 Å². The van der Waals surface area contributed by atoms with Gasteiger partial charge in [0.15, 0.2) is 0 Å². The maximum atomic E-state index is 13.8. The fourth-order valence-corrected chi connectivity index (χ4v) is 6.40. The van der Waals surface area contributed by atoms with Crippen molar-refractivity contribution in [3.8, 4) is 5.75 Å². The predicted molar refractivity (Wildman–Crippen MR) is 155 cm³/mol. The Bertz CT molecular complexity index is 1320. The SMILES string of the molecule is Cc1ccc(OC[C@@H]2c3ccsc3CCN2C(=O)CN(C[C@@H]2CCCO2)C(=O)Nc2cccc(Cl)c2)c(C)c1. The number of benzene rings is 2. The second-order valence-electron chi connectivity index (χ2n) is 10.2. The third kappa shape index (κ3) is 6.75. The van der Waals surface area contributed by atoms with Crippen LogP contribution in [-0.2, 0) is 16.0 Å². The van der Waals surface area contributed by atoms with Gasteiger partial charge in [-0.15, -0.1) is 11.3 Å². The summed E-state index contributed by atoms with van der Waals surface area (Å²) in [7, 11) is 0. The van der Waals surface area contributed by atoms with Crippen molar-refractivity contribution >= 4 is 40.6 Å². The van der Waals surface area contributed by atoms with Gasteiger partial charge in [-0.1, -0.05) is 35.4 Å². The van der Waals surface area contributed by atoms with Crippen molar-refractivity contribution < 1.29 is 19.1 Å². The molecule has 5 rings (SSSR count). The molecule has 2 aliphatic heterocycles. The molecule has 2 aliphatic rings. The number of thiophene rings is 1. The van der Waals surface area contributed by atoms with Crippen molar-refractivity contribution in [1.82, 2.24) is 9.80 Å². The van der Waals surface area contributed by atoms with Crippen LogP contribution in [0.5, 0.6) is 5.75 Å². The molecule has 3 heterocycles. The monoisotopic (exact) mass is 567 g/mol. The standard InChI is InChI=1S/C30H34ClN3O4S/c1-20-8-9-27(21(2)15-20)38-19-26-25-11-14-39-28(25)10-12-34(26)29(35)18-33(17-24-7-4-13-37-24)30(36)32-23-6-3-5-22(31)16-23/h3,5-6,8-9,11,14-16,24,26H,4,7,10,12-13,17-19H2,1-2H3,(H,32,36)/t24-,26+/m0/s1. The van der Waals surface area contributed by atoms with Crippen LogP contribution in [0.1, 0.15) is 40.5 Å². The molecule has 9 heteroatoms. The van der Waals surface area contributed by atoms with E-state index in [9.17, 15) is 9.59 Å². The number of urea groups is 1. The lowest BCUT2D eigenvalue weighted by Crippen LogP contribution is -2.50. The van der Waals surface area contributed by atoms with Crippen molar-refractivity contribution in [3.05, 3.63) is 80.5 Å². The molecule has 0 bridgehead atoms. The highest BCUT2D eigenvalue weighted by molar-refractivity contribution is 7.10. The Morgan fingerprint density at radius 3 is 2.85 bits per heavy atom. The molecule has 0 spiro atoms. The number of hydrogen-bond donors (Lipinski definition) is 1. The van der Waals surface area contributed by atoms with Gasteiger partial charge >= 0.3 is 6.03 Å². The molecule has 0 aliphatic carbocycles. The molecule has 39 heavy (non-hydrogen) atoms. The summed E-state index contributed by atoms with van der Waals surface area (Å²) in [6, 6.07) is 14.6. The number of fused-ring (bicyclic) bond motifs is 1. The lowest BCUT2D eigenvalue weighted by Gasteiger charge is -2.37. The number of halogens is 1. The summed E-state index contributed by atoms with van der Waals surface area (Å²) < 4.78 is 12.1. The van der Waals surface area contributed by atoms with Crippen LogP contribution in [0.15, 0.2) is 53.9 Å². The Balaban J connectivity index is 1.33. The molecule has 2 atom stereocenters. The normalized spacial score (nSPS) is 18.5. The number of ether oxygens (including phenoxy) is 2. The third-order valence-corrected chi connectivity index (χ3v) is 8.51. The summed E-state index contributed by atoms with van der Waals surface area (Å²) in [6.07, 6.45) is 2.52. The van der Waals surface area contributed by atoms with Crippen LogP contribution in [0.25, 0.3) is 0 Å². The maximum Gasteiger partial charge on any atom is 0.322 e. The molecule has 0 unspecified atom stereocenters. The topological polar surface area (TPSA) is 71.1 Å². The molecule has 3 aromatic rings. The molecule has 206 valence electrons. The third-order valence-electron chi connectivity index (χ3n) is 7.28. The maximum absolute atomic E-state index is 13.8. The van der Waals surface area contributed by atoms with Crippen LogP contribution in [0, 0.1) is 13.8 Å². The quantitative estimate of drug-likeness (QED) is 0.350. The van der Waals surface area contributed by atoms with Crippen LogP contribution in [0.3, 0.4) is 0 Å². The average molecular weight is 568 g/mol. The molecule has 2 aromatic carbocycles. The predicted octanol–water partition coefficient (Wildman–Crippen LogP) is 6.24. The van der Waals surface area contributed by atoms with Crippen molar-refractivity contribution in [2.45, 2.75) is 45.3 Å². The molecule has 1 aromatic heterocycles. The summed E-state index contributed by atoms with van der Waals surface area (Å²) in [5.41, 5.74) is 3.95. The second-order valence-corrected chi connectivity index (χ2v) is 11.6. The van der Waals surface area contributed by atoms with Gasteiger partial charge in [-0.3, -0.25) is 4.79 Å². The Hall–Kier alpha value is -3.07. The first-order valence-corrected chi connectivity index (χ1v) is 14.6. The van der Waals surface area contributed by atoms with Gasteiger partial charge in [0, 0.05) is 35.3 Å². The number of carbonyl (C=O) groups is 2. The van der Waals surface area contributed by atoms with Gasteiger partial charge in [-0.05, 0) is 79.9 Å². The number of anilines is 1. The molecule has 7 nitrogen and oxygen atoms in total. The number of rotatable bonds is 8. The minimum absolute atomic E-state index is 0.0498. The smallest absolute Gasteiger partial charge is 0.322 e. The number of aryl methyl sites for hydroxylation is 2. The summed E-state index contributed by atoms with van der Waals surface area (Å²) in [5, 5.41) is 5.50. The van der Waals surface area contributed by atoms with Gasteiger partial charge in [0.2, 0.25) is 5.91 Å². The lowest BCUT2D eigenvalue weighted by molar-refractivity contribution is -0.135. The first kappa shape index (κ1) is 27.5. The largest absolute Gasteiger partial charge is 0.491 e. The average Bonchev–Trinajstić information content (AvgIpc) is 3.60. The number of hydrogen-bond acceptors (Lipinski definition) is 5. The molecule has 1 fully saturated rings. The molecular weight excluding hydrogens is 534 g/mol. The van der Waals surface area contributed by atoms with Gasteiger partial charge in [0.05, 0.1) is 12.1 Å². The van der Waals surface area contributed by atoms with E-state index in [1.165, 1.54) is 10.4 Å². The van der Waals surface area contributed by atoms with E-state index in [1.807, 2.05) is 24.0 Å². The summed E-state index contributed by atoms with van der Waals surface area (Å²) in [6.45, 7) is 5.99. The fourth-order valence-electron chi connectivity index (χ4n) is 5.28. The molecule has 0 radical (unpaired) electrons. The van der Waals surface area contributed by atoms with Crippen molar-refractivity contribution in [2.75, 3.05) is 38.2 Å². The fraction of sp³-hybridized carbons (Fsp3) is 0.400.